The van der Waals surface area contributed by atoms with Crippen LogP contribution < -0.4 is 10.6 Å². The van der Waals surface area contributed by atoms with E-state index in [0.717, 1.165) is 10.5 Å². The molecule has 0 heterocycles. The number of amides is 2. The van der Waals surface area contributed by atoms with Gasteiger partial charge in [0.05, 0.1) is 5.69 Å². The predicted octanol–water partition coefficient (Wildman–Crippen LogP) is 3.02. The fraction of sp³-hybridized carbons (Fsp3) is 0.300. The minimum absolute atomic E-state index is 0.0828. The first-order chi connectivity index (χ1) is 12.7. The highest BCUT2D eigenvalue weighted by atomic mass is 32.2. The molecule has 0 aliphatic rings. The summed E-state index contributed by atoms with van der Waals surface area (Å²) in [5, 5.41) is 14.6. The molecule has 0 bridgehead atoms. The summed E-state index contributed by atoms with van der Waals surface area (Å²) < 4.78 is 0. The maximum absolute atomic E-state index is 12.1. The van der Waals surface area contributed by atoms with E-state index in [-0.39, 0.29) is 12.5 Å². The second-order valence-electron chi connectivity index (χ2n) is 5.82. The van der Waals surface area contributed by atoms with Crippen LogP contribution in [0.15, 0.2) is 59.5 Å². The number of hydrogen-bond acceptors (Lipinski definition) is 4. The molecule has 2 aromatic carbocycles. The molecule has 1 unspecified atom stereocenters. The molecule has 26 heavy (non-hydrogen) atoms. The van der Waals surface area contributed by atoms with Crippen LogP contribution in [0.3, 0.4) is 0 Å². The Morgan fingerprint density at radius 1 is 1.00 bits per heavy atom. The molecule has 0 fully saturated rings. The zero-order valence-electron chi connectivity index (χ0n) is 14.8. The van der Waals surface area contributed by atoms with Crippen LogP contribution in [0.5, 0.6) is 0 Å². The first-order valence-corrected chi connectivity index (χ1v) is 9.76. The van der Waals surface area contributed by atoms with Crippen LogP contribution in [-0.4, -0.2) is 36.3 Å². The minimum Gasteiger partial charge on any atom is -0.396 e. The van der Waals surface area contributed by atoms with Crippen molar-refractivity contribution in [3.63, 3.8) is 0 Å². The van der Waals surface area contributed by atoms with E-state index < -0.39 is 11.8 Å². The lowest BCUT2D eigenvalue weighted by Crippen LogP contribution is -2.36. The fourth-order valence-electron chi connectivity index (χ4n) is 2.73. The molecular formula is C20H24N2O3S. The van der Waals surface area contributed by atoms with Crippen molar-refractivity contribution in [3.05, 3.63) is 60.2 Å². The second kappa shape index (κ2) is 10.6. The van der Waals surface area contributed by atoms with E-state index >= 15 is 0 Å². The lowest BCUT2D eigenvalue weighted by atomic mass is 9.93. The molecule has 2 amide bonds. The molecule has 6 heteroatoms. The summed E-state index contributed by atoms with van der Waals surface area (Å²) in [6, 6.07) is 17.2. The molecule has 138 valence electrons. The van der Waals surface area contributed by atoms with Crippen molar-refractivity contribution in [3.8, 4) is 0 Å². The average Bonchev–Trinajstić information content (AvgIpc) is 2.68. The van der Waals surface area contributed by atoms with Crippen LogP contribution >= 0.6 is 11.8 Å². The number of rotatable bonds is 8. The van der Waals surface area contributed by atoms with Gasteiger partial charge in [0.15, 0.2) is 0 Å². The molecule has 0 aromatic heterocycles. The number of carbonyl (C=O) groups is 2. The molecule has 0 aliphatic carbocycles. The minimum atomic E-state index is -0.676. The van der Waals surface area contributed by atoms with Crippen LogP contribution in [0.2, 0.25) is 0 Å². The highest BCUT2D eigenvalue weighted by Gasteiger charge is 2.16. The first-order valence-electron chi connectivity index (χ1n) is 8.53. The third-order valence-corrected chi connectivity index (χ3v) is 4.88. The van der Waals surface area contributed by atoms with Crippen molar-refractivity contribution in [2.45, 2.75) is 23.7 Å². The number of anilines is 1. The van der Waals surface area contributed by atoms with Gasteiger partial charge in [-0.25, -0.2) is 0 Å². The van der Waals surface area contributed by atoms with E-state index in [9.17, 15) is 14.7 Å². The summed E-state index contributed by atoms with van der Waals surface area (Å²) in [4.78, 5) is 25.0. The zero-order valence-corrected chi connectivity index (χ0v) is 15.6. The topological polar surface area (TPSA) is 78.4 Å². The Bertz CT molecular complexity index is 722. The van der Waals surface area contributed by atoms with E-state index in [4.69, 9.17) is 0 Å². The van der Waals surface area contributed by atoms with Crippen molar-refractivity contribution >= 4 is 29.3 Å². The lowest BCUT2D eigenvalue weighted by Gasteiger charge is -2.16. The Labute approximate surface area is 158 Å². The van der Waals surface area contributed by atoms with E-state index in [1.807, 2.05) is 54.8 Å². The Morgan fingerprint density at radius 3 is 2.38 bits per heavy atom. The number of hydrogen-bond donors (Lipinski definition) is 3. The zero-order chi connectivity index (χ0) is 18.8. The van der Waals surface area contributed by atoms with Crippen molar-refractivity contribution < 1.29 is 14.7 Å². The van der Waals surface area contributed by atoms with Crippen LogP contribution in [0, 0.1) is 0 Å². The third-order valence-electron chi connectivity index (χ3n) is 4.09. The van der Waals surface area contributed by atoms with Gasteiger partial charge in [0.25, 0.3) is 0 Å². The monoisotopic (exact) mass is 372 g/mol. The summed E-state index contributed by atoms with van der Waals surface area (Å²) in [5.41, 5.74) is 1.75. The van der Waals surface area contributed by atoms with E-state index in [0.29, 0.717) is 25.1 Å². The summed E-state index contributed by atoms with van der Waals surface area (Å²) in [7, 11) is 0. The maximum Gasteiger partial charge on any atom is 0.313 e. The van der Waals surface area contributed by atoms with Gasteiger partial charge in [0.2, 0.25) is 0 Å². The van der Waals surface area contributed by atoms with Gasteiger partial charge < -0.3 is 15.7 Å². The normalized spacial score (nSPS) is 11.6. The van der Waals surface area contributed by atoms with Gasteiger partial charge >= 0.3 is 11.8 Å². The molecule has 2 rings (SSSR count). The van der Waals surface area contributed by atoms with Gasteiger partial charge in [-0.1, -0.05) is 42.5 Å². The van der Waals surface area contributed by atoms with Crippen LogP contribution in [-0.2, 0) is 9.59 Å². The van der Waals surface area contributed by atoms with Gasteiger partial charge in [-0.05, 0) is 42.7 Å². The highest BCUT2D eigenvalue weighted by molar-refractivity contribution is 7.98. The van der Waals surface area contributed by atoms with Gasteiger partial charge in [0, 0.05) is 18.0 Å². The fourth-order valence-corrected chi connectivity index (χ4v) is 3.28. The molecular weight excluding hydrogens is 348 g/mol. The first kappa shape index (κ1) is 20.0. The predicted molar refractivity (Wildman–Crippen MR) is 105 cm³/mol. The van der Waals surface area contributed by atoms with Crippen molar-refractivity contribution in [2.75, 3.05) is 24.7 Å². The number of carbonyl (C=O) groups excluding carboxylic acids is 2. The number of aliphatic hydroxyl groups is 1. The van der Waals surface area contributed by atoms with Crippen LogP contribution in [0.4, 0.5) is 5.69 Å². The van der Waals surface area contributed by atoms with Crippen molar-refractivity contribution in [1.29, 1.82) is 0 Å². The van der Waals surface area contributed by atoms with E-state index in [1.54, 1.807) is 6.07 Å². The van der Waals surface area contributed by atoms with Gasteiger partial charge in [-0.15, -0.1) is 11.8 Å². The molecule has 5 nitrogen and oxygen atoms in total. The Hall–Kier alpha value is -2.31. The molecule has 3 N–H and O–H groups in total. The number of aliphatic hydroxyl groups excluding tert-OH is 1. The highest BCUT2D eigenvalue weighted by Crippen LogP contribution is 2.24. The molecule has 0 aliphatic heterocycles. The number of nitrogens with one attached hydrogen (secondary N) is 2. The standard InChI is InChI=1S/C20H24N2O3S/c1-26-18-10-6-5-9-17(18)22-20(25)19(24)21-13-11-16(12-14-23)15-7-3-2-4-8-15/h2-10,16,23H,11-14H2,1H3,(H,21,24)(H,22,25). The van der Waals surface area contributed by atoms with Crippen LogP contribution in [0.25, 0.3) is 0 Å². The summed E-state index contributed by atoms with van der Waals surface area (Å²) in [5.74, 6) is -1.19. The van der Waals surface area contributed by atoms with Crippen LogP contribution in [0.1, 0.15) is 24.3 Å². The third kappa shape index (κ3) is 5.89. The summed E-state index contributed by atoms with van der Waals surface area (Å²) >= 11 is 1.50. The Morgan fingerprint density at radius 2 is 1.69 bits per heavy atom. The van der Waals surface area contributed by atoms with Crippen molar-refractivity contribution in [1.82, 2.24) is 5.32 Å². The summed E-state index contributed by atoms with van der Waals surface area (Å²) in [6.07, 6.45) is 3.19. The Balaban J connectivity index is 1.86. The SMILES string of the molecule is CSc1ccccc1NC(=O)C(=O)NCCC(CCO)c1ccccc1. The van der Waals surface area contributed by atoms with E-state index in [2.05, 4.69) is 10.6 Å². The van der Waals surface area contributed by atoms with Gasteiger partial charge in [0.1, 0.15) is 0 Å². The maximum atomic E-state index is 12.1. The molecule has 0 saturated carbocycles. The number of benzene rings is 2. The summed E-state index contributed by atoms with van der Waals surface area (Å²) in [6.45, 7) is 0.454. The largest absolute Gasteiger partial charge is 0.396 e. The average molecular weight is 372 g/mol. The lowest BCUT2D eigenvalue weighted by molar-refractivity contribution is -0.136. The van der Waals surface area contributed by atoms with Gasteiger partial charge in [-0.3, -0.25) is 9.59 Å². The molecule has 1 atom stereocenters. The molecule has 0 radical (unpaired) electrons. The molecule has 0 saturated heterocycles. The van der Waals surface area contributed by atoms with E-state index in [1.165, 1.54) is 11.8 Å². The number of thioether (sulfide) groups is 1. The second-order valence-corrected chi connectivity index (χ2v) is 6.67. The number of para-hydroxylation sites is 1. The smallest absolute Gasteiger partial charge is 0.313 e. The molecule has 2 aromatic rings. The Kier molecular flexibility index (Phi) is 8.18. The van der Waals surface area contributed by atoms with Crippen molar-refractivity contribution in [2.24, 2.45) is 0 Å². The van der Waals surface area contributed by atoms with Gasteiger partial charge in [-0.2, -0.15) is 0 Å². The molecule has 0 spiro atoms. The quantitative estimate of drug-likeness (QED) is 0.492.